The number of aromatic nitrogens is 3. The zero-order valence-electron chi connectivity index (χ0n) is 18.6. The van der Waals surface area contributed by atoms with Crippen molar-refractivity contribution in [3.8, 4) is 0 Å². The Balaban J connectivity index is 1.63. The van der Waals surface area contributed by atoms with Crippen LogP contribution in [0, 0.1) is 13.8 Å². The van der Waals surface area contributed by atoms with Crippen molar-refractivity contribution in [2.45, 2.75) is 33.6 Å². The van der Waals surface area contributed by atoms with Crippen LogP contribution in [0.1, 0.15) is 36.5 Å². The van der Waals surface area contributed by atoms with E-state index in [4.69, 9.17) is 4.74 Å². The van der Waals surface area contributed by atoms with E-state index in [-0.39, 0.29) is 0 Å². The zero-order chi connectivity index (χ0) is 21.8. The van der Waals surface area contributed by atoms with Crippen molar-refractivity contribution in [1.29, 1.82) is 0 Å². The molecular weight excluding hydrogens is 388 g/mol. The van der Waals surface area contributed by atoms with E-state index >= 15 is 0 Å². The van der Waals surface area contributed by atoms with Crippen LogP contribution in [-0.2, 0) is 4.74 Å². The normalized spacial score (nSPS) is 14.0. The summed E-state index contributed by atoms with van der Waals surface area (Å²) in [6, 6.07) is 14.7. The van der Waals surface area contributed by atoms with Crippen LogP contribution < -0.4 is 15.5 Å². The molecule has 0 atom stereocenters. The first-order chi connectivity index (χ1) is 15.0. The van der Waals surface area contributed by atoms with Gasteiger partial charge in [0, 0.05) is 24.5 Å². The molecule has 0 aliphatic carbocycles. The Morgan fingerprint density at radius 2 is 1.39 bits per heavy atom. The summed E-state index contributed by atoms with van der Waals surface area (Å²) in [4.78, 5) is 16.1. The minimum absolute atomic E-state index is 0.493. The molecule has 2 heterocycles. The molecule has 31 heavy (non-hydrogen) atoms. The molecule has 0 bridgehead atoms. The van der Waals surface area contributed by atoms with E-state index < -0.39 is 0 Å². The van der Waals surface area contributed by atoms with Crippen LogP contribution in [0.3, 0.4) is 0 Å². The molecule has 0 amide bonds. The third-order valence-electron chi connectivity index (χ3n) is 5.23. The molecular formula is C24H30N6O. The lowest BCUT2D eigenvalue weighted by molar-refractivity contribution is 0.122. The van der Waals surface area contributed by atoms with E-state index in [0.717, 1.165) is 24.5 Å². The first-order valence-corrected chi connectivity index (χ1v) is 10.8. The molecule has 7 heteroatoms. The summed E-state index contributed by atoms with van der Waals surface area (Å²) in [7, 11) is 0. The Kier molecular flexibility index (Phi) is 6.32. The van der Waals surface area contributed by atoms with E-state index in [1.807, 2.05) is 0 Å². The fourth-order valence-electron chi connectivity index (χ4n) is 3.64. The van der Waals surface area contributed by atoms with Gasteiger partial charge in [0.25, 0.3) is 0 Å². The van der Waals surface area contributed by atoms with Gasteiger partial charge in [0.15, 0.2) is 0 Å². The maximum absolute atomic E-state index is 5.49. The number of hydrogen-bond acceptors (Lipinski definition) is 7. The number of rotatable bonds is 6. The summed E-state index contributed by atoms with van der Waals surface area (Å²) >= 11 is 0. The second-order valence-electron chi connectivity index (χ2n) is 8.29. The standard InChI is InChI=1S/C24H30N6O/c1-16(2)19-5-7-20(8-6-19)25-22-27-23(26-21-14-17(3)13-18(4)15-21)29-24(28-22)30-9-11-31-12-10-30/h5-8,13-16H,9-12H2,1-4H3,(H2,25,26,27,28,29). The number of morpholine rings is 1. The number of aryl methyl sites for hydroxylation is 2. The van der Waals surface area contributed by atoms with E-state index in [2.05, 4.69) is 101 Å². The Hall–Kier alpha value is -3.19. The van der Waals surface area contributed by atoms with Crippen LogP contribution in [0.4, 0.5) is 29.2 Å². The van der Waals surface area contributed by atoms with Crippen LogP contribution in [0.15, 0.2) is 42.5 Å². The van der Waals surface area contributed by atoms with Crippen LogP contribution in [0.25, 0.3) is 0 Å². The fraction of sp³-hybridized carbons (Fsp3) is 0.375. The summed E-state index contributed by atoms with van der Waals surface area (Å²) in [5.74, 6) is 2.17. The number of ether oxygens (including phenoxy) is 1. The van der Waals surface area contributed by atoms with Gasteiger partial charge in [-0.2, -0.15) is 15.0 Å². The Morgan fingerprint density at radius 3 is 1.97 bits per heavy atom. The molecule has 162 valence electrons. The number of hydrogen-bond donors (Lipinski definition) is 2. The molecule has 0 spiro atoms. The second-order valence-corrected chi connectivity index (χ2v) is 8.29. The molecule has 1 aliphatic heterocycles. The largest absolute Gasteiger partial charge is 0.378 e. The average Bonchev–Trinajstić information content (AvgIpc) is 2.74. The van der Waals surface area contributed by atoms with Gasteiger partial charge in [-0.05, 0) is 60.7 Å². The highest BCUT2D eigenvalue weighted by molar-refractivity contribution is 5.61. The minimum atomic E-state index is 0.493. The Bertz CT molecular complexity index is 1010. The van der Waals surface area contributed by atoms with Crippen molar-refractivity contribution >= 4 is 29.2 Å². The molecule has 7 nitrogen and oxygen atoms in total. The number of nitrogens with zero attached hydrogens (tertiary/aromatic N) is 4. The van der Waals surface area contributed by atoms with Crippen molar-refractivity contribution in [3.63, 3.8) is 0 Å². The Labute approximate surface area is 183 Å². The van der Waals surface area contributed by atoms with Gasteiger partial charge in [0.2, 0.25) is 17.8 Å². The van der Waals surface area contributed by atoms with Crippen molar-refractivity contribution in [2.24, 2.45) is 0 Å². The molecule has 1 aliphatic rings. The van der Waals surface area contributed by atoms with E-state index in [9.17, 15) is 0 Å². The van der Waals surface area contributed by atoms with Crippen LogP contribution in [0.5, 0.6) is 0 Å². The Morgan fingerprint density at radius 1 is 0.806 bits per heavy atom. The predicted octanol–water partition coefficient (Wildman–Crippen LogP) is 4.94. The predicted molar refractivity (Wildman–Crippen MR) is 126 cm³/mol. The number of nitrogens with one attached hydrogen (secondary N) is 2. The molecule has 2 aromatic carbocycles. The molecule has 1 fully saturated rings. The summed E-state index contributed by atoms with van der Waals surface area (Å²) in [6.45, 7) is 11.4. The summed E-state index contributed by atoms with van der Waals surface area (Å²) in [5, 5.41) is 6.69. The maximum atomic E-state index is 5.49. The van der Waals surface area contributed by atoms with Crippen LogP contribution >= 0.6 is 0 Å². The third kappa shape index (κ3) is 5.49. The number of anilines is 5. The fourth-order valence-corrected chi connectivity index (χ4v) is 3.64. The third-order valence-corrected chi connectivity index (χ3v) is 5.23. The van der Waals surface area contributed by atoms with Gasteiger partial charge in [0.1, 0.15) is 0 Å². The van der Waals surface area contributed by atoms with Crippen molar-refractivity contribution in [3.05, 3.63) is 59.2 Å². The quantitative estimate of drug-likeness (QED) is 0.587. The monoisotopic (exact) mass is 418 g/mol. The van der Waals surface area contributed by atoms with Gasteiger partial charge in [-0.1, -0.05) is 32.0 Å². The SMILES string of the molecule is Cc1cc(C)cc(Nc2nc(Nc3ccc(C(C)C)cc3)nc(N3CCOCC3)n2)c1. The van der Waals surface area contributed by atoms with Crippen LogP contribution in [-0.4, -0.2) is 41.3 Å². The van der Waals surface area contributed by atoms with Crippen molar-refractivity contribution in [2.75, 3.05) is 41.8 Å². The summed E-state index contributed by atoms with van der Waals surface area (Å²) in [6.07, 6.45) is 0. The molecule has 2 N–H and O–H groups in total. The smallest absolute Gasteiger partial charge is 0.233 e. The lowest BCUT2D eigenvalue weighted by atomic mass is 10.0. The minimum Gasteiger partial charge on any atom is -0.378 e. The summed E-state index contributed by atoms with van der Waals surface area (Å²) in [5.41, 5.74) is 5.58. The first kappa shape index (κ1) is 21.1. The van der Waals surface area contributed by atoms with Crippen molar-refractivity contribution in [1.82, 2.24) is 15.0 Å². The lowest BCUT2D eigenvalue weighted by Gasteiger charge is -2.27. The molecule has 3 aromatic rings. The van der Waals surface area contributed by atoms with Gasteiger partial charge in [-0.15, -0.1) is 0 Å². The van der Waals surface area contributed by atoms with Crippen molar-refractivity contribution < 1.29 is 4.74 Å². The summed E-state index contributed by atoms with van der Waals surface area (Å²) < 4.78 is 5.49. The van der Waals surface area contributed by atoms with Gasteiger partial charge in [-0.3, -0.25) is 0 Å². The molecule has 1 aromatic heterocycles. The molecule has 0 unspecified atom stereocenters. The molecule has 1 saturated heterocycles. The zero-order valence-corrected chi connectivity index (χ0v) is 18.6. The van der Waals surface area contributed by atoms with E-state index in [0.29, 0.717) is 37.0 Å². The van der Waals surface area contributed by atoms with Gasteiger partial charge < -0.3 is 20.3 Å². The highest BCUT2D eigenvalue weighted by Gasteiger charge is 2.17. The van der Waals surface area contributed by atoms with Gasteiger partial charge in [0.05, 0.1) is 13.2 Å². The molecule has 4 rings (SSSR count). The van der Waals surface area contributed by atoms with E-state index in [1.165, 1.54) is 16.7 Å². The lowest BCUT2D eigenvalue weighted by Crippen LogP contribution is -2.37. The highest BCUT2D eigenvalue weighted by Crippen LogP contribution is 2.23. The molecule has 0 radical (unpaired) electrons. The number of benzene rings is 2. The highest BCUT2D eigenvalue weighted by atomic mass is 16.5. The first-order valence-electron chi connectivity index (χ1n) is 10.8. The van der Waals surface area contributed by atoms with Gasteiger partial charge >= 0.3 is 0 Å². The topological polar surface area (TPSA) is 75.2 Å². The second kappa shape index (κ2) is 9.31. The average molecular weight is 419 g/mol. The van der Waals surface area contributed by atoms with E-state index in [1.54, 1.807) is 0 Å². The maximum Gasteiger partial charge on any atom is 0.233 e. The molecule has 0 saturated carbocycles. The van der Waals surface area contributed by atoms with Gasteiger partial charge in [-0.25, -0.2) is 0 Å². The van der Waals surface area contributed by atoms with Crippen LogP contribution in [0.2, 0.25) is 0 Å².